The Labute approximate surface area is 142 Å². The van der Waals surface area contributed by atoms with E-state index in [-0.39, 0.29) is 32.6 Å². The number of pyridine rings is 1. The molecule has 0 aliphatic carbocycles. The van der Waals surface area contributed by atoms with E-state index < -0.39 is 5.97 Å². The second-order valence-electron chi connectivity index (χ2n) is 4.81. The minimum atomic E-state index is -1.30. The van der Waals surface area contributed by atoms with Crippen molar-refractivity contribution in [2.24, 2.45) is 0 Å². The number of ether oxygens (including phenoxy) is 1. The summed E-state index contributed by atoms with van der Waals surface area (Å²) < 4.78 is 5.66. The molecule has 1 heterocycles. The van der Waals surface area contributed by atoms with E-state index in [9.17, 15) is 9.90 Å². The highest BCUT2D eigenvalue weighted by molar-refractivity contribution is 6.48. The van der Waals surface area contributed by atoms with Crippen LogP contribution >= 0.6 is 34.8 Å². The first-order valence-corrected chi connectivity index (χ1v) is 7.50. The first kappa shape index (κ1) is 16.9. The van der Waals surface area contributed by atoms with Crippen LogP contribution in [0.3, 0.4) is 0 Å². The Kier molecular flexibility index (Phi) is 5.16. The van der Waals surface area contributed by atoms with E-state index in [0.717, 1.165) is 5.56 Å². The number of halogens is 3. The fourth-order valence-corrected chi connectivity index (χ4v) is 2.51. The first-order chi connectivity index (χ1) is 10.3. The lowest BCUT2D eigenvalue weighted by molar-refractivity contribution is 0.0693. The van der Waals surface area contributed by atoms with Crippen molar-refractivity contribution in [2.45, 2.75) is 19.8 Å². The fraction of sp³-hybridized carbons (Fsp3) is 0.200. The second-order valence-corrected chi connectivity index (χ2v) is 5.92. The topological polar surface area (TPSA) is 59.4 Å². The highest BCUT2D eigenvalue weighted by Crippen LogP contribution is 2.39. The molecular formula is C15H12Cl3NO3. The zero-order valence-electron chi connectivity index (χ0n) is 11.7. The molecule has 0 radical (unpaired) electrons. The van der Waals surface area contributed by atoms with Crippen molar-refractivity contribution in [1.82, 2.24) is 4.98 Å². The summed E-state index contributed by atoms with van der Waals surface area (Å²) in [4.78, 5) is 15.3. The van der Waals surface area contributed by atoms with Crippen LogP contribution in [0.2, 0.25) is 15.2 Å². The fourth-order valence-electron chi connectivity index (χ4n) is 1.90. The number of carboxylic acid groups (broad SMARTS) is 1. The zero-order chi connectivity index (χ0) is 16.4. The average Bonchev–Trinajstić information content (AvgIpc) is 2.45. The molecule has 22 heavy (non-hydrogen) atoms. The molecular weight excluding hydrogens is 349 g/mol. The van der Waals surface area contributed by atoms with Crippen LogP contribution in [-0.2, 0) is 0 Å². The van der Waals surface area contributed by atoms with Gasteiger partial charge in [0.05, 0.1) is 10.0 Å². The quantitative estimate of drug-likeness (QED) is 0.715. The number of rotatable bonds is 4. The van der Waals surface area contributed by atoms with E-state index in [1.54, 1.807) is 12.1 Å². The molecule has 0 aliphatic rings. The molecule has 2 aromatic rings. The number of hydrogen-bond acceptors (Lipinski definition) is 3. The van der Waals surface area contributed by atoms with Gasteiger partial charge in [-0.15, -0.1) is 0 Å². The molecule has 7 heteroatoms. The molecule has 0 bridgehead atoms. The van der Waals surface area contributed by atoms with Gasteiger partial charge in [-0.3, -0.25) is 0 Å². The molecule has 1 aromatic heterocycles. The van der Waals surface area contributed by atoms with Gasteiger partial charge < -0.3 is 9.84 Å². The summed E-state index contributed by atoms with van der Waals surface area (Å²) in [5.74, 6) is -0.822. The van der Waals surface area contributed by atoms with Crippen molar-refractivity contribution in [3.63, 3.8) is 0 Å². The largest absolute Gasteiger partial charge is 0.477 e. The van der Waals surface area contributed by atoms with Crippen LogP contribution in [0.1, 0.15) is 35.7 Å². The van der Waals surface area contributed by atoms with Crippen molar-refractivity contribution in [1.29, 1.82) is 0 Å². The number of aromatic nitrogens is 1. The van der Waals surface area contributed by atoms with E-state index >= 15 is 0 Å². The van der Waals surface area contributed by atoms with Gasteiger partial charge in [-0.1, -0.05) is 66.8 Å². The molecule has 1 N–H and O–H groups in total. The number of carbonyl (C=O) groups is 1. The Morgan fingerprint density at radius 2 is 1.82 bits per heavy atom. The maximum absolute atomic E-state index is 11.4. The zero-order valence-corrected chi connectivity index (χ0v) is 14.0. The van der Waals surface area contributed by atoms with Crippen molar-refractivity contribution in [2.75, 3.05) is 0 Å². The predicted molar refractivity (Wildman–Crippen MR) is 86.8 cm³/mol. The normalized spacial score (nSPS) is 10.8. The highest BCUT2D eigenvalue weighted by atomic mass is 35.5. The van der Waals surface area contributed by atoms with E-state index in [4.69, 9.17) is 39.5 Å². The molecule has 0 aliphatic heterocycles. The van der Waals surface area contributed by atoms with Crippen molar-refractivity contribution < 1.29 is 14.6 Å². The predicted octanol–water partition coefficient (Wildman–Crippen LogP) is 5.66. The van der Waals surface area contributed by atoms with Gasteiger partial charge >= 0.3 is 5.97 Å². The average molecular weight is 361 g/mol. The van der Waals surface area contributed by atoms with E-state index in [1.807, 2.05) is 26.0 Å². The van der Waals surface area contributed by atoms with Crippen LogP contribution in [0.25, 0.3) is 0 Å². The number of para-hydroxylation sites is 1. The number of carboxylic acids is 1. The van der Waals surface area contributed by atoms with E-state index in [2.05, 4.69) is 4.98 Å². The molecule has 2 rings (SSSR count). The molecule has 0 fully saturated rings. The van der Waals surface area contributed by atoms with Crippen LogP contribution in [0.4, 0.5) is 0 Å². The van der Waals surface area contributed by atoms with E-state index in [1.165, 1.54) is 0 Å². The Bertz CT molecular complexity index is 732. The minimum Gasteiger partial charge on any atom is -0.477 e. The van der Waals surface area contributed by atoms with E-state index in [0.29, 0.717) is 5.75 Å². The molecule has 0 saturated carbocycles. The monoisotopic (exact) mass is 359 g/mol. The summed E-state index contributed by atoms with van der Waals surface area (Å²) in [7, 11) is 0. The minimum absolute atomic E-state index is 0.117. The van der Waals surface area contributed by atoms with Crippen LogP contribution < -0.4 is 4.74 Å². The Morgan fingerprint density at radius 1 is 1.18 bits per heavy atom. The Morgan fingerprint density at radius 3 is 2.41 bits per heavy atom. The van der Waals surface area contributed by atoms with Gasteiger partial charge in [-0.2, -0.15) is 4.98 Å². The summed E-state index contributed by atoms with van der Waals surface area (Å²) in [5, 5.41) is 8.87. The van der Waals surface area contributed by atoms with Gasteiger partial charge in [-0.25, -0.2) is 4.79 Å². The highest BCUT2D eigenvalue weighted by Gasteiger charge is 2.24. The molecule has 4 nitrogen and oxygen atoms in total. The van der Waals surface area contributed by atoms with Crippen LogP contribution in [-0.4, -0.2) is 16.1 Å². The van der Waals surface area contributed by atoms with Crippen molar-refractivity contribution in [3.8, 4) is 11.6 Å². The third kappa shape index (κ3) is 3.29. The van der Waals surface area contributed by atoms with Crippen molar-refractivity contribution in [3.05, 3.63) is 50.6 Å². The van der Waals surface area contributed by atoms with Gasteiger partial charge in [0.25, 0.3) is 0 Å². The van der Waals surface area contributed by atoms with Crippen LogP contribution in [0, 0.1) is 0 Å². The molecule has 0 spiro atoms. The van der Waals surface area contributed by atoms with Gasteiger partial charge in [0.15, 0.2) is 5.15 Å². The maximum atomic E-state index is 11.4. The number of hydrogen-bond donors (Lipinski definition) is 1. The summed E-state index contributed by atoms with van der Waals surface area (Å²) in [6, 6.07) is 7.26. The number of aromatic carboxylic acids is 1. The number of benzene rings is 1. The summed E-state index contributed by atoms with van der Waals surface area (Å²) >= 11 is 17.7. The van der Waals surface area contributed by atoms with Crippen molar-refractivity contribution >= 4 is 40.8 Å². The summed E-state index contributed by atoms with van der Waals surface area (Å²) in [6.07, 6.45) is 0. The SMILES string of the molecule is CC(C)c1ccccc1Oc1nc(Cl)c(Cl)c(Cl)c1C(=O)O. The van der Waals surface area contributed by atoms with Gasteiger partial charge in [0, 0.05) is 0 Å². The number of nitrogens with zero attached hydrogens (tertiary/aromatic N) is 1. The Balaban J connectivity index is 2.57. The third-order valence-electron chi connectivity index (χ3n) is 2.97. The lowest BCUT2D eigenvalue weighted by Crippen LogP contribution is -2.05. The van der Waals surface area contributed by atoms with Crippen LogP contribution in [0.15, 0.2) is 24.3 Å². The van der Waals surface area contributed by atoms with Gasteiger partial charge in [0.1, 0.15) is 11.3 Å². The van der Waals surface area contributed by atoms with Crippen LogP contribution in [0.5, 0.6) is 11.6 Å². The van der Waals surface area contributed by atoms with Gasteiger partial charge in [-0.05, 0) is 17.5 Å². The molecule has 1 aromatic carbocycles. The lowest BCUT2D eigenvalue weighted by atomic mass is 10.0. The summed E-state index contributed by atoms with van der Waals surface area (Å²) in [6.45, 7) is 3.99. The molecule has 0 atom stereocenters. The lowest BCUT2D eigenvalue weighted by Gasteiger charge is -2.15. The smallest absolute Gasteiger partial charge is 0.342 e. The maximum Gasteiger partial charge on any atom is 0.342 e. The molecule has 116 valence electrons. The molecule has 0 saturated heterocycles. The summed E-state index contributed by atoms with van der Waals surface area (Å²) in [5.41, 5.74) is 0.581. The first-order valence-electron chi connectivity index (χ1n) is 6.37. The Hall–Kier alpha value is -1.49. The van der Waals surface area contributed by atoms with Gasteiger partial charge in [0.2, 0.25) is 5.88 Å². The molecule has 0 unspecified atom stereocenters. The standard InChI is InChI=1S/C15H12Cl3NO3/c1-7(2)8-5-3-4-6-9(8)22-14-10(15(20)21)11(16)12(17)13(18)19-14/h3-7H,1-2H3,(H,20,21). The second kappa shape index (κ2) is 6.73. The third-order valence-corrected chi connectivity index (χ3v) is 4.18. The molecule has 0 amide bonds.